The van der Waals surface area contributed by atoms with Crippen molar-refractivity contribution in [2.45, 2.75) is 38.1 Å². The molecule has 0 aliphatic carbocycles. The van der Waals surface area contributed by atoms with E-state index in [-0.39, 0.29) is 0 Å². The van der Waals surface area contributed by atoms with E-state index >= 15 is 0 Å². The van der Waals surface area contributed by atoms with Crippen LogP contribution in [-0.2, 0) is 6.42 Å². The van der Waals surface area contributed by atoms with Gasteiger partial charge in [0.1, 0.15) is 0 Å². The summed E-state index contributed by atoms with van der Waals surface area (Å²) in [6.07, 6.45) is 6.22. The second-order valence-electron chi connectivity index (χ2n) is 6.27. The summed E-state index contributed by atoms with van der Waals surface area (Å²) in [6.45, 7) is 2.39. The highest BCUT2D eigenvalue weighted by molar-refractivity contribution is 5.35. The van der Waals surface area contributed by atoms with E-state index < -0.39 is 0 Å². The molecule has 1 aliphatic heterocycles. The fraction of sp³-hybridized carbons (Fsp3) is 0.364. The Labute approximate surface area is 140 Å². The van der Waals surface area contributed by atoms with Crippen LogP contribution in [0, 0.1) is 11.8 Å². The zero-order valence-corrected chi connectivity index (χ0v) is 13.7. The van der Waals surface area contributed by atoms with E-state index in [9.17, 15) is 0 Å². The lowest BCUT2D eigenvalue weighted by Gasteiger charge is -2.31. The van der Waals surface area contributed by atoms with E-state index in [0.717, 1.165) is 18.4 Å². The monoisotopic (exact) mass is 303 g/mol. The van der Waals surface area contributed by atoms with Crippen LogP contribution in [0.2, 0.25) is 0 Å². The summed E-state index contributed by atoms with van der Waals surface area (Å²) in [4.78, 5) is 2.59. The Morgan fingerprint density at radius 3 is 2.17 bits per heavy atom. The molecular weight excluding hydrogens is 278 g/mol. The Bertz CT molecular complexity index is 630. The molecule has 0 saturated carbocycles. The first-order valence-corrected chi connectivity index (χ1v) is 8.76. The number of rotatable bonds is 4. The van der Waals surface area contributed by atoms with Crippen LogP contribution in [0.4, 0.5) is 0 Å². The highest BCUT2D eigenvalue weighted by Crippen LogP contribution is 2.16. The molecule has 1 saturated heterocycles. The Hall–Kier alpha value is -2.04. The molecule has 3 rings (SSSR count). The summed E-state index contributed by atoms with van der Waals surface area (Å²) in [6, 6.07) is 21.5. The van der Waals surface area contributed by atoms with Crippen molar-refractivity contribution < 1.29 is 0 Å². The zero-order chi connectivity index (χ0) is 15.7. The molecule has 1 fully saturated rings. The number of benzene rings is 2. The summed E-state index contributed by atoms with van der Waals surface area (Å²) in [7, 11) is 0. The van der Waals surface area contributed by atoms with E-state index in [2.05, 4.69) is 71.3 Å². The average Bonchev–Trinajstić information content (AvgIpc) is 2.64. The molecule has 0 radical (unpaired) electrons. The van der Waals surface area contributed by atoms with Gasteiger partial charge in [0.25, 0.3) is 0 Å². The Kier molecular flexibility index (Phi) is 5.89. The number of hydrogen-bond donors (Lipinski definition) is 0. The van der Waals surface area contributed by atoms with Crippen molar-refractivity contribution in [2.75, 3.05) is 13.1 Å². The third kappa shape index (κ3) is 4.98. The third-order valence-electron chi connectivity index (χ3n) is 4.54. The maximum atomic E-state index is 3.55. The molecule has 23 heavy (non-hydrogen) atoms. The highest BCUT2D eigenvalue weighted by atomic mass is 15.2. The number of aryl methyl sites for hydroxylation is 1. The van der Waals surface area contributed by atoms with Gasteiger partial charge in [-0.1, -0.05) is 66.8 Å². The minimum Gasteiger partial charge on any atom is -0.290 e. The topological polar surface area (TPSA) is 3.24 Å². The normalized spacial score (nSPS) is 16.3. The lowest BCUT2D eigenvalue weighted by atomic mass is 10.0. The van der Waals surface area contributed by atoms with Gasteiger partial charge in [0.15, 0.2) is 0 Å². The fourth-order valence-corrected chi connectivity index (χ4v) is 3.21. The lowest BCUT2D eigenvalue weighted by molar-refractivity contribution is 0.189. The van der Waals surface area contributed by atoms with Gasteiger partial charge < -0.3 is 0 Å². The van der Waals surface area contributed by atoms with Crippen LogP contribution in [0.1, 0.15) is 36.8 Å². The quantitative estimate of drug-likeness (QED) is 0.750. The smallest absolute Gasteiger partial charge is 0.0721 e. The van der Waals surface area contributed by atoms with E-state index in [4.69, 9.17) is 0 Å². The van der Waals surface area contributed by atoms with Gasteiger partial charge in [0, 0.05) is 5.56 Å². The number of hydrogen-bond acceptors (Lipinski definition) is 1. The van der Waals surface area contributed by atoms with E-state index in [1.54, 1.807) is 0 Å². The van der Waals surface area contributed by atoms with Gasteiger partial charge >= 0.3 is 0 Å². The lowest BCUT2D eigenvalue weighted by Crippen LogP contribution is -2.38. The summed E-state index contributed by atoms with van der Waals surface area (Å²) in [5, 5.41) is 0. The molecule has 0 N–H and O–H groups in total. The van der Waals surface area contributed by atoms with Gasteiger partial charge in [-0.15, -0.1) is 0 Å². The molecule has 2 aromatic rings. The average molecular weight is 303 g/mol. The van der Waals surface area contributed by atoms with Crippen molar-refractivity contribution in [1.82, 2.24) is 4.90 Å². The van der Waals surface area contributed by atoms with E-state index in [1.807, 2.05) is 6.07 Å². The summed E-state index contributed by atoms with van der Waals surface area (Å²) in [5.74, 6) is 6.94. The number of likely N-dealkylation sites (tertiary alicyclic amines) is 1. The molecular formula is C22H25N. The van der Waals surface area contributed by atoms with Crippen LogP contribution in [-0.4, -0.2) is 24.0 Å². The molecule has 1 unspecified atom stereocenters. The minimum absolute atomic E-state index is 0.371. The van der Waals surface area contributed by atoms with Crippen LogP contribution in [0.25, 0.3) is 0 Å². The van der Waals surface area contributed by atoms with Crippen molar-refractivity contribution in [3.63, 3.8) is 0 Å². The first kappa shape index (κ1) is 15.8. The number of nitrogens with zero attached hydrogens (tertiary/aromatic N) is 1. The van der Waals surface area contributed by atoms with Crippen LogP contribution in [0.5, 0.6) is 0 Å². The van der Waals surface area contributed by atoms with Crippen LogP contribution >= 0.6 is 0 Å². The molecule has 1 nitrogen and oxygen atoms in total. The highest BCUT2D eigenvalue weighted by Gasteiger charge is 2.18. The molecule has 0 spiro atoms. The third-order valence-corrected chi connectivity index (χ3v) is 4.54. The molecule has 0 bridgehead atoms. The largest absolute Gasteiger partial charge is 0.290 e. The Morgan fingerprint density at radius 2 is 1.48 bits per heavy atom. The van der Waals surface area contributed by atoms with Gasteiger partial charge in [0.2, 0.25) is 0 Å². The molecule has 118 valence electrons. The first-order chi connectivity index (χ1) is 11.4. The van der Waals surface area contributed by atoms with Gasteiger partial charge in [0.05, 0.1) is 6.04 Å². The second kappa shape index (κ2) is 8.56. The summed E-state index contributed by atoms with van der Waals surface area (Å²) < 4.78 is 0. The minimum atomic E-state index is 0.371. The predicted octanol–water partition coefficient (Wildman–Crippen LogP) is 4.53. The van der Waals surface area contributed by atoms with Crippen LogP contribution < -0.4 is 0 Å². The molecule has 1 atom stereocenters. The van der Waals surface area contributed by atoms with E-state index in [1.165, 1.54) is 37.9 Å². The zero-order valence-electron chi connectivity index (χ0n) is 13.7. The maximum Gasteiger partial charge on any atom is 0.0721 e. The molecule has 0 amide bonds. The second-order valence-corrected chi connectivity index (χ2v) is 6.27. The van der Waals surface area contributed by atoms with Crippen LogP contribution in [0.15, 0.2) is 60.7 Å². The molecule has 1 aliphatic rings. The van der Waals surface area contributed by atoms with Gasteiger partial charge in [-0.2, -0.15) is 0 Å². The van der Waals surface area contributed by atoms with Gasteiger partial charge in [-0.25, -0.2) is 0 Å². The van der Waals surface area contributed by atoms with Gasteiger partial charge in [-0.3, -0.25) is 4.90 Å². The van der Waals surface area contributed by atoms with Crippen molar-refractivity contribution >= 4 is 0 Å². The van der Waals surface area contributed by atoms with Crippen LogP contribution in [0.3, 0.4) is 0 Å². The van der Waals surface area contributed by atoms with Crippen molar-refractivity contribution in [2.24, 2.45) is 0 Å². The number of piperidine rings is 1. The van der Waals surface area contributed by atoms with Crippen molar-refractivity contribution in [3.8, 4) is 11.8 Å². The maximum absolute atomic E-state index is 3.55. The first-order valence-electron chi connectivity index (χ1n) is 8.76. The summed E-state index contributed by atoms with van der Waals surface area (Å²) >= 11 is 0. The standard InChI is InChI=1S/C22H25N/c1-4-10-20(11-5-1)14-16-22(23-18-8-3-9-19-23)17-15-21-12-6-2-7-13-21/h1-2,4-7,10-13,22H,3,8-9,14,16,18-19H2. The summed E-state index contributed by atoms with van der Waals surface area (Å²) in [5.41, 5.74) is 2.53. The Balaban J connectivity index is 1.69. The van der Waals surface area contributed by atoms with Crippen molar-refractivity contribution in [3.05, 3.63) is 71.8 Å². The molecule has 1 heterocycles. The SMILES string of the molecule is C(#CC(CCc1ccccc1)N1CCCCC1)c1ccccc1. The Morgan fingerprint density at radius 1 is 0.826 bits per heavy atom. The molecule has 1 heteroatoms. The van der Waals surface area contributed by atoms with Crippen molar-refractivity contribution in [1.29, 1.82) is 0 Å². The van der Waals surface area contributed by atoms with E-state index in [0.29, 0.717) is 6.04 Å². The molecule has 0 aromatic heterocycles. The van der Waals surface area contributed by atoms with Gasteiger partial charge in [-0.05, 0) is 56.5 Å². The molecule has 2 aromatic carbocycles. The predicted molar refractivity (Wildman–Crippen MR) is 97.3 cm³/mol. The fourth-order valence-electron chi connectivity index (χ4n) is 3.21.